The van der Waals surface area contributed by atoms with Crippen molar-refractivity contribution in [2.45, 2.75) is 20.4 Å². The van der Waals surface area contributed by atoms with Gasteiger partial charge >= 0.3 is 0 Å². The first-order valence-electron chi connectivity index (χ1n) is 6.61. The SMILES string of the molecule is Cc1noc(C)c1Cn1nnc(C#N)c1-c1cccc(Cl)c1. The number of rotatable bonds is 3. The molecule has 0 spiro atoms. The normalized spacial score (nSPS) is 10.6. The molecule has 2 heterocycles. The Labute approximate surface area is 131 Å². The molecule has 0 radical (unpaired) electrons. The zero-order valence-corrected chi connectivity index (χ0v) is 12.8. The molecule has 0 saturated heterocycles. The van der Waals surface area contributed by atoms with Crippen molar-refractivity contribution in [1.82, 2.24) is 20.2 Å². The smallest absolute Gasteiger partial charge is 0.190 e. The van der Waals surface area contributed by atoms with Gasteiger partial charge in [0.25, 0.3) is 0 Å². The monoisotopic (exact) mass is 313 g/mol. The van der Waals surface area contributed by atoms with Gasteiger partial charge in [-0.15, -0.1) is 5.10 Å². The van der Waals surface area contributed by atoms with Gasteiger partial charge in [-0.1, -0.05) is 34.1 Å². The van der Waals surface area contributed by atoms with E-state index >= 15 is 0 Å². The van der Waals surface area contributed by atoms with Gasteiger partial charge in [0, 0.05) is 16.1 Å². The van der Waals surface area contributed by atoms with Gasteiger partial charge in [0.15, 0.2) is 5.69 Å². The number of hydrogen-bond donors (Lipinski definition) is 0. The van der Waals surface area contributed by atoms with Crippen LogP contribution in [0.5, 0.6) is 0 Å². The third-order valence-electron chi connectivity index (χ3n) is 3.43. The molecule has 0 aliphatic rings. The van der Waals surface area contributed by atoms with Crippen LogP contribution in [-0.4, -0.2) is 20.2 Å². The summed E-state index contributed by atoms with van der Waals surface area (Å²) in [6.45, 7) is 4.14. The second-order valence-electron chi connectivity index (χ2n) is 4.87. The van der Waals surface area contributed by atoms with Crippen LogP contribution < -0.4 is 0 Å². The molecule has 0 aliphatic carbocycles. The molecule has 0 amide bonds. The van der Waals surface area contributed by atoms with Gasteiger partial charge < -0.3 is 4.52 Å². The van der Waals surface area contributed by atoms with E-state index in [1.54, 1.807) is 16.8 Å². The fourth-order valence-electron chi connectivity index (χ4n) is 2.30. The third kappa shape index (κ3) is 2.47. The zero-order chi connectivity index (χ0) is 15.7. The summed E-state index contributed by atoms with van der Waals surface area (Å²) >= 11 is 6.04. The summed E-state index contributed by atoms with van der Waals surface area (Å²) in [6.07, 6.45) is 0. The number of halogens is 1. The highest BCUT2D eigenvalue weighted by atomic mass is 35.5. The number of aryl methyl sites for hydroxylation is 2. The molecule has 3 rings (SSSR count). The molecule has 0 bridgehead atoms. The van der Waals surface area contributed by atoms with Gasteiger partial charge in [0.2, 0.25) is 0 Å². The van der Waals surface area contributed by atoms with Crippen LogP contribution in [0.25, 0.3) is 11.3 Å². The Morgan fingerprint density at radius 3 is 2.82 bits per heavy atom. The Hall–Kier alpha value is -2.65. The first-order valence-corrected chi connectivity index (χ1v) is 6.99. The predicted octanol–water partition coefficient (Wildman–Crippen LogP) is 3.12. The lowest BCUT2D eigenvalue weighted by molar-refractivity contribution is 0.391. The lowest BCUT2D eigenvalue weighted by Gasteiger charge is -2.07. The minimum Gasteiger partial charge on any atom is -0.361 e. The maximum atomic E-state index is 9.27. The van der Waals surface area contributed by atoms with E-state index in [0.717, 1.165) is 22.6 Å². The van der Waals surface area contributed by atoms with E-state index in [2.05, 4.69) is 21.5 Å². The summed E-state index contributed by atoms with van der Waals surface area (Å²) in [4.78, 5) is 0. The van der Waals surface area contributed by atoms with Crippen molar-refractivity contribution in [1.29, 1.82) is 5.26 Å². The molecule has 0 atom stereocenters. The number of hydrogen-bond acceptors (Lipinski definition) is 5. The molecular weight excluding hydrogens is 302 g/mol. The number of aromatic nitrogens is 4. The molecule has 0 fully saturated rings. The summed E-state index contributed by atoms with van der Waals surface area (Å²) in [5, 5.41) is 21.8. The van der Waals surface area contributed by atoms with Crippen LogP contribution in [0.2, 0.25) is 5.02 Å². The Kier molecular flexibility index (Phi) is 3.65. The van der Waals surface area contributed by atoms with Crippen LogP contribution in [0.15, 0.2) is 28.8 Å². The predicted molar refractivity (Wildman–Crippen MR) is 80.3 cm³/mol. The molecule has 0 aliphatic heterocycles. The second-order valence-corrected chi connectivity index (χ2v) is 5.31. The summed E-state index contributed by atoms with van der Waals surface area (Å²) in [5.74, 6) is 0.726. The minimum absolute atomic E-state index is 0.258. The van der Waals surface area contributed by atoms with Crippen molar-refractivity contribution in [2.75, 3.05) is 0 Å². The molecule has 0 saturated carbocycles. The fourth-order valence-corrected chi connectivity index (χ4v) is 2.49. The quantitative estimate of drug-likeness (QED) is 0.742. The van der Waals surface area contributed by atoms with Crippen molar-refractivity contribution in [2.24, 2.45) is 0 Å². The van der Waals surface area contributed by atoms with Crippen LogP contribution in [0.4, 0.5) is 0 Å². The molecule has 1 aromatic carbocycles. The Morgan fingerprint density at radius 1 is 1.36 bits per heavy atom. The first-order chi connectivity index (χ1) is 10.6. The molecule has 0 unspecified atom stereocenters. The van der Waals surface area contributed by atoms with E-state index in [9.17, 15) is 5.26 Å². The number of benzene rings is 1. The molecule has 6 nitrogen and oxygen atoms in total. The van der Waals surface area contributed by atoms with Gasteiger partial charge in [-0.25, -0.2) is 4.68 Å². The number of nitriles is 1. The standard InChI is InChI=1S/C15H12ClN5O/c1-9-13(10(2)22-19-9)8-21-15(14(7-17)18-20-21)11-4-3-5-12(16)6-11/h3-6H,8H2,1-2H3. The molecule has 110 valence electrons. The highest BCUT2D eigenvalue weighted by Gasteiger charge is 2.18. The van der Waals surface area contributed by atoms with Crippen molar-refractivity contribution < 1.29 is 4.52 Å². The third-order valence-corrected chi connectivity index (χ3v) is 3.66. The highest BCUT2D eigenvalue weighted by molar-refractivity contribution is 6.30. The van der Waals surface area contributed by atoms with Crippen molar-refractivity contribution >= 4 is 11.6 Å². The van der Waals surface area contributed by atoms with E-state index in [0.29, 0.717) is 17.3 Å². The van der Waals surface area contributed by atoms with Crippen LogP contribution in [-0.2, 0) is 6.54 Å². The van der Waals surface area contributed by atoms with Gasteiger partial charge in [0.05, 0.1) is 12.2 Å². The largest absolute Gasteiger partial charge is 0.361 e. The summed E-state index contributed by atoms with van der Waals surface area (Å²) in [6, 6.07) is 9.32. The van der Waals surface area contributed by atoms with Gasteiger partial charge in [0.1, 0.15) is 17.5 Å². The Bertz CT molecular complexity index is 855. The van der Waals surface area contributed by atoms with Crippen molar-refractivity contribution in [3.63, 3.8) is 0 Å². The Balaban J connectivity index is 2.11. The maximum Gasteiger partial charge on any atom is 0.190 e. The van der Waals surface area contributed by atoms with Gasteiger partial charge in [-0.2, -0.15) is 5.26 Å². The van der Waals surface area contributed by atoms with Crippen molar-refractivity contribution in [3.05, 3.63) is 52.0 Å². The van der Waals surface area contributed by atoms with E-state index in [1.165, 1.54) is 0 Å². The minimum atomic E-state index is 0.258. The molecule has 3 aromatic rings. The van der Waals surface area contributed by atoms with Crippen LogP contribution >= 0.6 is 11.6 Å². The molecular formula is C15H12ClN5O. The molecule has 22 heavy (non-hydrogen) atoms. The highest BCUT2D eigenvalue weighted by Crippen LogP contribution is 2.26. The van der Waals surface area contributed by atoms with Crippen LogP contribution in [0.1, 0.15) is 22.7 Å². The van der Waals surface area contributed by atoms with Crippen LogP contribution in [0, 0.1) is 25.2 Å². The van der Waals surface area contributed by atoms with E-state index in [4.69, 9.17) is 16.1 Å². The zero-order valence-electron chi connectivity index (χ0n) is 12.0. The lowest BCUT2D eigenvalue weighted by Crippen LogP contribution is -2.06. The van der Waals surface area contributed by atoms with E-state index in [-0.39, 0.29) is 5.69 Å². The molecule has 0 N–H and O–H groups in total. The van der Waals surface area contributed by atoms with E-state index in [1.807, 2.05) is 26.0 Å². The number of nitrogens with zero attached hydrogens (tertiary/aromatic N) is 5. The van der Waals surface area contributed by atoms with Gasteiger partial charge in [-0.05, 0) is 26.0 Å². The summed E-state index contributed by atoms with van der Waals surface area (Å²) in [7, 11) is 0. The van der Waals surface area contributed by atoms with Crippen LogP contribution in [0.3, 0.4) is 0 Å². The van der Waals surface area contributed by atoms with Crippen molar-refractivity contribution in [3.8, 4) is 17.3 Å². The lowest BCUT2D eigenvalue weighted by atomic mass is 10.1. The summed E-state index contributed by atoms with van der Waals surface area (Å²) in [5.41, 5.74) is 3.40. The topological polar surface area (TPSA) is 80.5 Å². The molecule has 7 heteroatoms. The summed E-state index contributed by atoms with van der Waals surface area (Å²) < 4.78 is 6.83. The second kappa shape index (κ2) is 5.62. The average molecular weight is 314 g/mol. The Morgan fingerprint density at radius 2 is 2.18 bits per heavy atom. The molecule has 2 aromatic heterocycles. The first kappa shape index (κ1) is 14.3. The fraction of sp³-hybridized carbons (Fsp3) is 0.200. The maximum absolute atomic E-state index is 9.27. The van der Waals surface area contributed by atoms with Gasteiger partial charge in [-0.3, -0.25) is 0 Å². The average Bonchev–Trinajstić information content (AvgIpc) is 3.05. The van der Waals surface area contributed by atoms with E-state index < -0.39 is 0 Å².